The molecule has 1 aromatic heterocycles. The number of ether oxygens (including phenoxy) is 1. The van der Waals surface area contributed by atoms with E-state index in [0.717, 1.165) is 16.0 Å². The molecule has 5 nitrogen and oxygen atoms in total. The number of rotatable bonds is 6. The number of aromatic nitrogens is 2. The van der Waals surface area contributed by atoms with E-state index in [4.69, 9.17) is 9.26 Å². The lowest BCUT2D eigenvalue weighted by Crippen LogP contribution is -2.06. The number of carbonyl (C=O) groups excluding carboxylic acids is 1. The van der Waals surface area contributed by atoms with Gasteiger partial charge in [-0.1, -0.05) is 47.1 Å². The lowest BCUT2D eigenvalue weighted by atomic mass is 10.1. The Labute approximate surface area is 150 Å². The van der Waals surface area contributed by atoms with Crippen LogP contribution in [0.2, 0.25) is 0 Å². The minimum absolute atomic E-state index is 0.252. The summed E-state index contributed by atoms with van der Waals surface area (Å²) >= 11 is 1.47. The molecule has 3 aromatic rings. The molecular weight excluding hydrogens is 336 g/mol. The lowest BCUT2D eigenvalue weighted by molar-refractivity contribution is 0.0468. The average Bonchev–Trinajstić information content (AvgIpc) is 3.03. The standard InChI is InChI=1S/C19H18N2O3S/c1-13-6-5-7-15(10-13)11-23-19(22)16-8-3-4-9-17(16)25-12-18-20-14(2)21-24-18/h3-10H,11-12H2,1-2H3. The van der Waals surface area contributed by atoms with Crippen molar-refractivity contribution >= 4 is 17.7 Å². The fraction of sp³-hybridized carbons (Fsp3) is 0.211. The van der Waals surface area contributed by atoms with Crippen molar-refractivity contribution in [2.75, 3.05) is 0 Å². The molecule has 0 amide bonds. The molecule has 0 saturated carbocycles. The zero-order valence-electron chi connectivity index (χ0n) is 14.1. The van der Waals surface area contributed by atoms with Crippen LogP contribution in [-0.2, 0) is 17.1 Å². The van der Waals surface area contributed by atoms with E-state index in [2.05, 4.69) is 10.1 Å². The Morgan fingerprint density at radius 3 is 2.76 bits per heavy atom. The first-order valence-corrected chi connectivity index (χ1v) is 8.84. The number of nitrogens with zero attached hydrogens (tertiary/aromatic N) is 2. The topological polar surface area (TPSA) is 65.2 Å². The maximum absolute atomic E-state index is 12.5. The Morgan fingerprint density at radius 1 is 1.16 bits per heavy atom. The predicted molar refractivity (Wildman–Crippen MR) is 95.3 cm³/mol. The third kappa shape index (κ3) is 4.70. The summed E-state index contributed by atoms with van der Waals surface area (Å²) in [5.41, 5.74) is 2.65. The number of hydrogen-bond acceptors (Lipinski definition) is 6. The van der Waals surface area contributed by atoms with Crippen molar-refractivity contribution in [2.45, 2.75) is 31.1 Å². The van der Waals surface area contributed by atoms with Crippen molar-refractivity contribution in [3.8, 4) is 0 Å². The second kappa shape index (κ2) is 7.98. The van der Waals surface area contributed by atoms with Gasteiger partial charge in [-0.05, 0) is 31.5 Å². The van der Waals surface area contributed by atoms with E-state index < -0.39 is 0 Å². The first kappa shape index (κ1) is 17.2. The minimum Gasteiger partial charge on any atom is -0.457 e. The molecule has 6 heteroatoms. The molecule has 0 bridgehead atoms. The zero-order chi connectivity index (χ0) is 17.6. The summed E-state index contributed by atoms with van der Waals surface area (Å²) in [7, 11) is 0. The van der Waals surface area contributed by atoms with E-state index in [-0.39, 0.29) is 12.6 Å². The average molecular weight is 354 g/mol. The van der Waals surface area contributed by atoms with Crippen LogP contribution in [0.4, 0.5) is 0 Å². The van der Waals surface area contributed by atoms with Gasteiger partial charge in [0.15, 0.2) is 5.82 Å². The minimum atomic E-state index is -0.341. The molecule has 0 aliphatic carbocycles. The Hall–Kier alpha value is -2.60. The molecular formula is C19H18N2O3S. The fourth-order valence-corrected chi connectivity index (χ4v) is 3.21. The van der Waals surface area contributed by atoms with Gasteiger partial charge < -0.3 is 9.26 Å². The van der Waals surface area contributed by atoms with Gasteiger partial charge in [0.05, 0.1) is 11.3 Å². The van der Waals surface area contributed by atoms with Crippen LogP contribution in [0.3, 0.4) is 0 Å². The SMILES string of the molecule is Cc1cccc(COC(=O)c2ccccc2SCc2nc(C)no2)c1. The molecule has 0 saturated heterocycles. The number of benzene rings is 2. The normalized spacial score (nSPS) is 10.6. The fourth-order valence-electron chi connectivity index (χ4n) is 2.33. The molecule has 0 aliphatic rings. The van der Waals surface area contributed by atoms with Crippen LogP contribution in [0, 0.1) is 13.8 Å². The van der Waals surface area contributed by atoms with E-state index in [0.29, 0.717) is 23.0 Å². The summed E-state index contributed by atoms with van der Waals surface area (Å²) < 4.78 is 10.6. The summed E-state index contributed by atoms with van der Waals surface area (Å²) in [6, 6.07) is 15.3. The zero-order valence-corrected chi connectivity index (χ0v) is 14.9. The summed E-state index contributed by atoms with van der Waals surface area (Å²) in [4.78, 5) is 17.4. The van der Waals surface area contributed by atoms with Crippen LogP contribution >= 0.6 is 11.8 Å². The number of hydrogen-bond donors (Lipinski definition) is 0. The van der Waals surface area contributed by atoms with Crippen molar-refractivity contribution in [3.63, 3.8) is 0 Å². The van der Waals surface area contributed by atoms with Crippen LogP contribution in [0.15, 0.2) is 57.9 Å². The van der Waals surface area contributed by atoms with Gasteiger partial charge >= 0.3 is 5.97 Å². The van der Waals surface area contributed by atoms with Gasteiger partial charge in [-0.25, -0.2) is 4.79 Å². The highest BCUT2D eigenvalue weighted by atomic mass is 32.2. The maximum Gasteiger partial charge on any atom is 0.339 e. The summed E-state index contributed by atoms with van der Waals surface area (Å²) in [5.74, 6) is 1.29. The third-order valence-electron chi connectivity index (χ3n) is 3.48. The highest BCUT2D eigenvalue weighted by Crippen LogP contribution is 2.26. The van der Waals surface area contributed by atoms with Gasteiger partial charge in [0.25, 0.3) is 0 Å². The van der Waals surface area contributed by atoms with Crippen LogP contribution in [0.5, 0.6) is 0 Å². The van der Waals surface area contributed by atoms with Gasteiger partial charge in [0, 0.05) is 4.90 Å². The smallest absolute Gasteiger partial charge is 0.339 e. The van der Waals surface area contributed by atoms with E-state index >= 15 is 0 Å². The van der Waals surface area contributed by atoms with Crippen LogP contribution in [0.25, 0.3) is 0 Å². The van der Waals surface area contributed by atoms with Crippen LogP contribution < -0.4 is 0 Å². The van der Waals surface area contributed by atoms with Crippen LogP contribution in [0.1, 0.15) is 33.2 Å². The highest BCUT2D eigenvalue weighted by Gasteiger charge is 2.14. The highest BCUT2D eigenvalue weighted by molar-refractivity contribution is 7.98. The Bertz CT molecular complexity index is 876. The second-order valence-corrected chi connectivity index (χ2v) is 6.60. The number of esters is 1. The number of aryl methyl sites for hydroxylation is 2. The molecule has 0 atom stereocenters. The van der Waals surface area contributed by atoms with Crippen molar-refractivity contribution in [1.82, 2.24) is 10.1 Å². The Morgan fingerprint density at radius 2 is 2.00 bits per heavy atom. The molecule has 25 heavy (non-hydrogen) atoms. The van der Waals surface area contributed by atoms with Crippen molar-refractivity contribution < 1.29 is 14.1 Å². The number of thioether (sulfide) groups is 1. The van der Waals surface area contributed by atoms with Crippen molar-refractivity contribution in [1.29, 1.82) is 0 Å². The quantitative estimate of drug-likeness (QED) is 0.485. The summed E-state index contributed by atoms with van der Waals surface area (Å²) in [6.07, 6.45) is 0. The molecule has 128 valence electrons. The molecule has 0 radical (unpaired) electrons. The van der Waals surface area contributed by atoms with E-state index in [1.54, 1.807) is 13.0 Å². The van der Waals surface area contributed by atoms with Gasteiger partial charge in [-0.15, -0.1) is 11.8 Å². The Kier molecular flexibility index (Phi) is 5.50. The van der Waals surface area contributed by atoms with Gasteiger partial charge in [0.1, 0.15) is 6.61 Å². The Balaban J connectivity index is 1.65. The first-order chi connectivity index (χ1) is 12.1. The lowest BCUT2D eigenvalue weighted by Gasteiger charge is -2.09. The molecule has 0 unspecified atom stereocenters. The van der Waals surface area contributed by atoms with E-state index in [1.165, 1.54) is 11.8 Å². The van der Waals surface area contributed by atoms with Crippen LogP contribution in [-0.4, -0.2) is 16.1 Å². The first-order valence-electron chi connectivity index (χ1n) is 7.85. The van der Waals surface area contributed by atoms with E-state index in [1.807, 2.05) is 49.4 Å². The molecule has 1 heterocycles. The molecule has 0 fully saturated rings. The summed E-state index contributed by atoms with van der Waals surface area (Å²) in [6.45, 7) is 4.03. The molecule has 3 rings (SSSR count). The van der Waals surface area contributed by atoms with Gasteiger partial charge in [-0.3, -0.25) is 0 Å². The second-order valence-electron chi connectivity index (χ2n) is 5.59. The molecule has 0 aliphatic heterocycles. The van der Waals surface area contributed by atoms with Gasteiger partial charge in [0.2, 0.25) is 5.89 Å². The van der Waals surface area contributed by atoms with Gasteiger partial charge in [-0.2, -0.15) is 4.98 Å². The van der Waals surface area contributed by atoms with Crippen molar-refractivity contribution in [3.05, 3.63) is 76.9 Å². The molecule has 2 aromatic carbocycles. The number of carbonyl (C=O) groups is 1. The monoisotopic (exact) mass is 354 g/mol. The molecule has 0 N–H and O–H groups in total. The molecule has 0 spiro atoms. The maximum atomic E-state index is 12.5. The van der Waals surface area contributed by atoms with Crippen molar-refractivity contribution in [2.24, 2.45) is 0 Å². The largest absolute Gasteiger partial charge is 0.457 e. The summed E-state index contributed by atoms with van der Waals surface area (Å²) in [5, 5.41) is 3.77. The van der Waals surface area contributed by atoms with E-state index in [9.17, 15) is 4.79 Å². The third-order valence-corrected chi connectivity index (χ3v) is 4.54. The predicted octanol–water partition coefficient (Wildman–Crippen LogP) is 4.34.